The molecule has 7 nitrogen and oxygen atoms in total. The molecule has 2 amide bonds. The molecule has 2 N–H and O–H groups in total. The molecule has 0 aliphatic carbocycles. The molecule has 8 heteroatoms. The van der Waals surface area contributed by atoms with Crippen molar-refractivity contribution in [3.63, 3.8) is 0 Å². The molecule has 4 heterocycles. The minimum atomic E-state index is -0.592. The molecule has 4 aliphatic rings. The van der Waals surface area contributed by atoms with Gasteiger partial charge in [0, 0.05) is 55.1 Å². The van der Waals surface area contributed by atoms with Crippen molar-refractivity contribution >= 4 is 11.8 Å². The average Bonchev–Trinajstić information content (AvgIpc) is 3.19. The number of ether oxygens (including phenoxy) is 2. The first kappa shape index (κ1) is 24.4. The lowest BCUT2D eigenvalue weighted by Gasteiger charge is -2.37. The number of hydrogen-bond acceptors (Lipinski definition) is 5. The number of fused-ring (bicyclic) bond motifs is 1. The van der Waals surface area contributed by atoms with Crippen LogP contribution >= 0.6 is 0 Å². The fourth-order valence-electron chi connectivity index (χ4n) is 6.03. The van der Waals surface area contributed by atoms with Gasteiger partial charge in [-0.3, -0.25) is 9.59 Å². The van der Waals surface area contributed by atoms with Crippen LogP contribution in [0.4, 0.5) is 4.39 Å². The van der Waals surface area contributed by atoms with E-state index in [1.54, 1.807) is 12.1 Å². The summed E-state index contributed by atoms with van der Waals surface area (Å²) in [6, 6.07) is 3.35. The molecule has 0 saturated carbocycles. The summed E-state index contributed by atoms with van der Waals surface area (Å²) in [4.78, 5) is 27.0. The Morgan fingerprint density at radius 1 is 1.20 bits per heavy atom. The normalized spacial score (nSPS) is 28.7. The molecule has 0 radical (unpaired) electrons. The van der Waals surface area contributed by atoms with Crippen LogP contribution < -0.4 is 10.6 Å². The lowest BCUT2D eigenvalue weighted by atomic mass is 9.89. The average molecular weight is 486 g/mol. The van der Waals surface area contributed by atoms with Gasteiger partial charge in [0.15, 0.2) is 0 Å². The second kappa shape index (κ2) is 10.4. The number of piperidine rings is 1. The van der Waals surface area contributed by atoms with E-state index in [4.69, 9.17) is 9.47 Å². The van der Waals surface area contributed by atoms with E-state index in [0.717, 1.165) is 38.9 Å². The van der Waals surface area contributed by atoms with Crippen LogP contribution in [0, 0.1) is 11.7 Å². The largest absolute Gasteiger partial charge is 0.381 e. The summed E-state index contributed by atoms with van der Waals surface area (Å²) in [5.74, 6) is -0.290. The van der Waals surface area contributed by atoms with Gasteiger partial charge in [-0.2, -0.15) is 0 Å². The zero-order chi connectivity index (χ0) is 24.5. The summed E-state index contributed by atoms with van der Waals surface area (Å²) >= 11 is 0. The predicted molar refractivity (Wildman–Crippen MR) is 129 cm³/mol. The molecule has 35 heavy (non-hydrogen) atoms. The maximum Gasteiger partial charge on any atom is 0.255 e. The number of hydrogen-bond donors (Lipinski definition) is 2. The molecule has 5 rings (SSSR count). The molecular weight excluding hydrogens is 449 g/mol. The molecule has 1 unspecified atom stereocenters. The Labute approximate surface area is 206 Å². The number of nitrogens with zero attached hydrogens (tertiary/aromatic N) is 1. The van der Waals surface area contributed by atoms with Gasteiger partial charge in [-0.1, -0.05) is 12.6 Å². The highest BCUT2D eigenvalue weighted by Gasteiger charge is 2.40. The van der Waals surface area contributed by atoms with Gasteiger partial charge in [0.25, 0.3) is 5.91 Å². The molecule has 0 aromatic heterocycles. The van der Waals surface area contributed by atoms with Crippen molar-refractivity contribution in [2.24, 2.45) is 5.92 Å². The van der Waals surface area contributed by atoms with E-state index in [-0.39, 0.29) is 36.3 Å². The molecular formula is C27H36FN3O4. The Hall–Kier alpha value is -2.29. The van der Waals surface area contributed by atoms with Crippen molar-refractivity contribution < 1.29 is 23.5 Å². The molecule has 3 fully saturated rings. The molecule has 0 spiro atoms. The van der Waals surface area contributed by atoms with Crippen LogP contribution in [0.3, 0.4) is 0 Å². The highest BCUT2D eigenvalue weighted by molar-refractivity contribution is 6.01. The van der Waals surface area contributed by atoms with Gasteiger partial charge in [0.2, 0.25) is 5.91 Å². The Balaban J connectivity index is 1.28. The maximum atomic E-state index is 15.7. The van der Waals surface area contributed by atoms with Gasteiger partial charge < -0.3 is 25.0 Å². The third kappa shape index (κ3) is 5.01. The summed E-state index contributed by atoms with van der Waals surface area (Å²) in [5.41, 5.74) is 1.97. The first-order valence-corrected chi connectivity index (χ1v) is 13.0. The fraction of sp³-hybridized carbons (Fsp3) is 0.630. The Morgan fingerprint density at radius 2 is 2.00 bits per heavy atom. The minimum Gasteiger partial charge on any atom is -0.381 e. The van der Waals surface area contributed by atoms with Gasteiger partial charge >= 0.3 is 0 Å². The number of halogens is 1. The monoisotopic (exact) mass is 485 g/mol. The summed E-state index contributed by atoms with van der Waals surface area (Å²) < 4.78 is 27.3. The van der Waals surface area contributed by atoms with Crippen molar-refractivity contribution in [1.82, 2.24) is 15.5 Å². The highest BCUT2D eigenvalue weighted by Crippen LogP contribution is 2.32. The zero-order valence-electron chi connectivity index (χ0n) is 20.5. The Morgan fingerprint density at radius 3 is 2.77 bits per heavy atom. The van der Waals surface area contributed by atoms with Crippen molar-refractivity contribution in [2.75, 3.05) is 19.8 Å². The number of carbonyl (C=O) groups is 2. The number of amides is 2. The molecule has 0 bridgehead atoms. The third-order valence-corrected chi connectivity index (χ3v) is 8.15. The van der Waals surface area contributed by atoms with Crippen LogP contribution in [0.2, 0.25) is 0 Å². The van der Waals surface area contributed by atoms with E-state index in [1.807, 2.05) is 0 Å². The van der Waals surface area contributed by atoms with E-state index in [1.165, 1.54) is 4.90 Å². The summed E-state index contributed by atoms with van der Waals surface area (Å²) in [6.07, 6.45) is 5.56. The molecule has 1 aromatic rings. The highest BCUT2D eigenvalue weighted by atomic mass is 19.1. The topological polar surface area (TPSA) is 79.9 Å². The first-order valence-electron chi connectivity index (χ1n) is 13.0. The SMILES string of the molecule is C=C1CCC(N2Cc3c(ccc(C[C@H]4OCCC[C@@H]4N[C@@H](C)C4CCOCC4)c3F)C2=O)C(=O)N1. The minimum absolute atomic E-state index is 0.117. The van der Waals surface area contributed by atoms with Crippen LogP contribution in [-0.2, 0) is 27.2 Å². The fourth-order valence-corrected chi connectivity index (χ4v) is 6.03. The van der Waals surface area contributed by atoms with E-state index >= 15 is 4.39 Å². The van der Waals surface area contributed by atoms with Crippen molar-refractivity contribution in [2.45, 2.75) is 82.6 Å². The molecule has 3 saturated heterocycles. The van der Waals surface area contributed by atoms with Gasteiger partial charge in [-0.05, 0) is 63.0 Å². The van der Waals surface area contributed by atoms with Crippen molar-refractivity contribution in [3.8, 4) is 0 Å². The third-order valence-electron chi connectivity index (χ3n) is 8.15. The Bertz CT molecular complexity index is 993. The quantitative estimate of drug-likeness (QED) is 0.648. The molecule has 190 valence electrons. The summed E-state index contributed by atoms with van der Waals surface area (Å²) in [7, 11) is 0. The van der Waals surface area contributed by atoms with Gasteiger partial charge in [-0.25, -0.2) is 4.39 Å². The van der Waals surface area contributed by atoms with Gasteiger partial charge in [0.1, 0.15) is 11.9 Å². The lowest BCUT2D eigenvalue weighted by Crippen LogP contribution is -2.51. The van der Waals surface area contributed by atoms with E-state index in [0.29, 0.717) is 60.2 Å². The van der Waals surface area contributed by atoms with Crippen LogP contribution in [0.5, 0.6) is 0 Å². The number of rotatable bonds is 6. The summed E-state index contributed by atoms with van der Waals surface area (Å²) in [6.45, 7) is 8.45. The molecule has 4 atom stereocenters. The number of allylic oxidation sites excluding steroid dienone is 1. The second-order valence-electron chi connectivity index (χ2n) is 10.4. The van der Waals surface area contributed by atoms with Crippen molar-refractivity contribution in [3.05, 3.63) is 46.9 Å². The second-order valence-corrected chi connectivity index (χ2v) is 10.4. The van der Waals surface area contributed by atoms with Crippen LogP contribution in [0.1, 0.15) is 66.9 Å². The maximum absolute atomic E-state index is 15.7. The van der Waals surface area contributed by atoms with Crippen LogP contribution in [0.25, 0.3) is 0 Å². The van der Waals surface area contributed by atoms with E-state index in [2.05, 4.69) is 24.1 Å². The van der Waals surface area contributed by atoms with E-state index in [9.17, 15) is 9.59 Å². The molecule has 1 aromatic carbocycles. The predicted octanol–water partition coefficient (Wildman–Crippen LogP) is 3.07. The Kier molecular flexibility index (Phi) is 7.23. The molecule has 4 aliphatic heterocycles. The first-order chi connectivity index (χ1) is 16.9. The number of carbonyl (C=O) groups excluding carboxylic acids is 2. The lowest BCUT2D eigenvalue weighted by molar-refractivity contribution is -0.126. The zero-order valence-corrected chi connectivity index (χ0v) is 20.5. The van der Waals surface area contributed by atoms with Crippen LogP contribution in [-0.4, -0.2) is 60.8 Å². The van der Waals surface area contributed by atoms with E-state index < -0.39 is 6.04 Å². The smallest absolute Gasteiger partial charge is 0.255 e. The van der Waals surface area contributed by atoms with Gasteiger partial charge in [-0.15, -0.1) is 0 Å². The number of benzene rings is 1. The van der Waals surface area contributed by atoms with Crippen molar-refractivity contribution in [1.29, 1.82) is 0 Å². The van der Waals surface area contributed by atoms with Crippen LogP contribution in [0.15, 0.2) is 24.4 Å². The number of nitrogens with one attached hydrogen (secondary N) is 2. The summed E-state index contributed by atoms with van der Waals surface area (Å²) in [5, 5.41) is 6.51. The van der Waals surface area contributed by atoms with Gasteiger partial charge in [0.05, 0.1) is 12.6 Å². The standard InChI is InChI=1S/C27H36FN3O4/c1-16-5-8-23(26(32)29-16)31-15-21-20(27(31)33)7-6-19(25(21)28)14-24-22(4-3-11-35-24)30-17(2)18-9-12-34-13-10-18/h6-7,17-18,22-24,30H,1,3-5,8-15H2,2H3,(H,29,32)/t17-,22-,23?,24+/m0/s1.